The van der Waals surface area contributed by atoms with Gasteiger partial charge in [0.05, 0.1) is 29.5 Å². The monoisotopic (exact) mass is 383 g/mol. The van der Waals surface area contributed by atoms with Crippen LogP contribution in [0.4, 0.5) is 0 Å². The van der Waals surface area contributed by atoms with Crippen LogP contribution >= 0.6 is 11.3 Å². The van der Waals surface area contributed by atoms with E-state index in [0.717, 1.165) is 35.0 Å². The van der Waals surface area contributed by atoms with Gasteiger partial charge in [-0.1, -0.05) is 30.3 Å². The first-order valence-corrected chi connectivity index (χ1v) is 9.86. The molecule has 27 heavy (non-hydrogen) atoms. The van der Waals surface area contributed by atoms with Crippen LogP contribution in [0.25, 0.3) is 0 Å². The van der Waals surface area contributed by atoms with E-state index >= 15 is 0 Å². The van der Waals surface area contributed by atoms with Crippen molar-refractivity contribution in [2.45, 2.75) is 39.8 Å². The zero-order valence-corrected chi connectivity index (χ0v) is 16.8. The number of rotatable bonds is 7. The lowest BCUT2D eigenvalue weighted by Crippen LogP contribution is -2.36. The predicted molar refractivity (Wildman–Crippen MR) is 109 cm³/mol. The van der Waals surface area contributed by atoms with Gasteiger partial charge in [-0.3, -0.25) is 4.99 Å². The molecule has 1 aromatic carbocycles. The van der Waals surface area contributed by atoms with Crippen LogP contribution in [0.1, 0.15) is 33.6 Å². The molecule has 0 atom stereocenters. The van der Waals surface area contributed by atoms with Gasteiger partial charge in [-0.15, -0.1) is 11.3 Å². The summed E-state index contributed by atoms with van der Waals surface area (Å²) >= 11 is 1.71. The highest BCUT2D eigenvalue weighted by atomic mass is 32.1. The molecule has 2 N–H and O–H groups in total. The number of aromatic nitrogens is 2. The molecule has 0 saturated carbocycles. The highest BCUT2D eigenvalue weighted by Crippen LogP contribution is 2.13. The van der Waals surface area contributed by atoms with Crippen LogP contribution in [0.2, 0.25) is 0 Å². The average Bonchev–Trinajstić information content (AvgIpc) is 3.27. The third-order valence-corrected chi connectivity index (χ3v) is 5.17. The zero-order valence-electron chi connectivity index (χ0n) is 16.0. The quantitative estimate of drug-likeness (QED) is 0.483. The third-order valence-electron chi connectivity index (χ3n) is 4.21. The first kappa shape index (κ1) is 19.1. The van der Waals surface area contributed by atoms with Crippen LogP contribution < -0.4 is 10.6 Å². The Balaban J connectivity index is 1.45. The second-order valence-corrected chi connectivity index (χ2v) is 7.19. The predicted octanol–water partition coefficient (Wildman–Crippen LogP) is 3.40. The van der Waals surface area contributed by atoms with Crippen LogP contribution in [0.5, 0.6) is 0 Å². The molecule has 0 radical (unpaired) electrons. The molecule has 0 aliphatic carbocycles. The Morgan fingerprint density at radius 1 is 1.07 bits per heavy atom. The number of guanidine groups is 1. The lowest BCUT2D eigenvalue weighted by Gasteiger charge is -2.09. The molecular weight excluding hydrogens is 358 g/mol. The summed E-state index contributed by atoms with van der Waals surface area (Å²) in [5.74, 6) is 2.20. The standard InChI is InChI=1S/C20H25N5OS/c1-14-15(2)26-18(24-14)12-23-20(21-3)22-11-17-13-27-19(25-17)10-9-16-7-5-4-6-8-16/h4-8,13H,9-12H2,1-3H3,(H2,21,22,23). The van der Waals surface area contributed by atoms with Gasteiger partial charge in [0.2, 0.25) is 5.89 Å². The van der Waals surface area contributed by atoms with Gasteiger partial charge in [0.25, 0.3) is 0 Å². The molecule has 0 bridgehead atoms. The van der Waals surface area contributed by atoms with E-state index in [9.17, 15) is 0 Å². The maximum atomic E-state index is 5.57. The van der Waals surface area contributed by atoms with Gasteiger partial charge in [0.1, 0.15) is 5.76 Å². The Labute approximate surface area is 163 Å². The second-order valence-electron chi connectivity index (χ2n) is 6.25. The van der Waals surface area contributed by atoms with Crippen molar-refractivity contribution in [2.24, 2.45) is 4.99 Å². The second kappa shape index (κ2) is 9.32. The first-order valence-electron chi connectivity index (χ1n) is 8.98. The number of aryl methyl sites for hydroxylation is 4. The fraction of sp³-hybridized carbons (Fsp3) is 0.350. The van der Waals surface area contributed by atoms with E-state index in [1.54, 1.807) is 18.4 Å². The molecular formula is C20H25N5OS. The van der Waals surface area contributed by atoms with Gasteiger partial charge in [-0.25, -0.2) is 9.97 Å². The summed E-state index contributed by atoms with van der Waals surface area (Å²) < 4.78 is 5.57. The van der Waals surface area contributed by atoms with E-state index in [-0.39, 0.29) is 0 Å². The summed E-state index contributed by atoms with van der Waals surface area (Å²) in [6.45, 7) is 4.97. The number of nitrogens with zero attached hydrogens (tertiary/aromatic N) is 3. The van der Waals surface area contributed by atoms with Gasteiger partial charge < -0.3 is 15.1 Å². The Kier molecular flexibility index (Phi) is 6.59. The fourth-order valence-corrected chi connectivity index (χ4v) is 3.41. The first-order chi connectivity index (χ1) is 13.1. The minimum absolute atomic E-state index is 0.494. The number of hydrogen-bond donors (Lipinski definition) is 2. The highest BCUT2D eigenvalue weighted by molar-refractivity contribution is 7.09. The normalized spacial score (nSPS) is 11.6. The van der Waals surface area contributed by atoms with Crippen molar-refractivity contribution in [1.82, 2.24) is 20.6 Å². The number of nitrogens with one attached hydrogen (secondary N) is 2. The fourth-order valence-electron chi connectivity index (χ4n) is 2.61. The van der Waals surface area contributed by atoms with Crippen LogP contribution in [-0.2, 0) is 25.9 Å². The van der Waals surface area contributed by atoms with E-state index < -0.39 is 0 Å². The summed E-state index contributed by atoms with van der Waals surface area (Å²) in [6, 6.07) is 10.5. The molecule has 2 heterocycles. The SMILES string of the molecule is CN=C(NCc1csc(CCc2ccccc2)n1)NCc1nc(C)c(C)o1. The summed E-state index contributed by atoms with van der Waals surface area (Å²) in [4.78, 5) is 13.3. The summed E-state index contributed by atoms with van der Waals surface area (Å²) in [5.41, 5.74) is 3.28. The molecule has 6 nitrogen and oxygen atoms in total. The van der Waals surface area contributed by atoms with Gasteiger partial charge >= 0.3 is 0 Å². The molecule has 3 rings (SSSR count). The Bertz CT molecular complexity index is 865. The molecule has 0 unspecified atom stereocenters. The smallest absolute Gasteiger partial charge is 0.214 e. The van der Waals surface area contributed by atoms with E-state index in [1.165, 1.54) is 5.56 Å². The van der Waals surface area contributed by atoms with E-state index in [0.29, 0.717) is 24.9 Å². The number of thiazole rings is 1. The van der Waals surface area contributed by atoms with Crippen molar-refractivity contribution in [3.05, 3.63) is 69.3 Å². The molecule has 3 aromatic rings. The summed E-state index contributed by atoms with van der Waals surface area (Å²) in [6.07, 6.45) is 1.98. The molecule has 0 aliphatic heterocycles. The van der Waals surface area contributed by atoms with Crippen molar-refractivity contribution < 1.29 is 4.42 Å². The molecule has 0 amide bonds. The lowest BCUT2D eigenvalue weighted by molar-refractivity contribution is 0.463. The largest absolute Gasteiger partial charge is 0.444 e. The molecule has 0 fully saturated rings. The number of aliphatic imine (C=N–C) groups is 1. The molecule has 142 valence electrons. The van der Waals surface area contributed by atoms with Crippen molar-refractivity contribution in [2.75, 3.05) is 7.05 Å². The van der Waals surface area contributed by atoms with Crippen molar-refractivity contribution >= 4 is 17.3 Å². The van der Waals surface area contributed by atoms with E-state index in [1.807, 2.05) is 19.9 Å². The summed E-state index contributed by atoms with van der Waals surface area (Å²) in [5, 5.41) is 9.74. The van der Waals surface area contributed by atoms with Crippen LogP contribution in [-0.4, -0.2) is 23.0 Å². The number of benzene rings is 1. The number of hydrogen-bond acceptors (Lipinski definition) is 5. The lowest BCUT2D eigenvalue weighted by atomic mass is 10.1. The van der Waals surface area contributed by atoms with Crippen molar-refractivity contribution in [1.29, 1.82) is 0 Å². The van der Waals surface area contributed by atoms with Gasteiger partial charge in [0.15, 0.2) is 5.96 Å². The van der Waals surface area contributed by atoms with Gasteiger partial charge in [-0.05, 0) is 25.8 Å². The van der Waals surface area contributed by atoms with Gasteiger partial charge in [0, 0.05) is 18.8 Å². The Morgan fingerprint density at radius 3 is 2.56 bits per heavy atom. The molecule has 0 aliphatic rings. The third kappa shape index (κ3) is 5.65. The van der Waals surface area contributed by atoms with Crippen LogP contribution in [0.15, 0.2) is 45.1 Å². The van der Waals surface area contributed by atoms with Gasteiger partial charge in [-0.2, -0.15) is 0 Å². The minimum Gasteiger partial charge on any atom is -0.444 e. The minimum atomic E-state index is 0.494. The van der Waals surface area contributed by atoms with E-state index in [4.69, 9.17) is 9.40 Å². The topological polar surface area (TPSA) is 75.3 Å². The maximum absolute atomic E-state index is 5.57. The number of oxazole rings is 1. The Morgan fingerprint density at radius 2 is 1.85 bits per heavy atom. The Hall–Kier alpha value is -2.67. The van der Waals surface area contributed by atoms with Crippen LogP contribution in [0.3, 0.4) is 0 Å². The van der Waals surface area contributed by atoms with Crippen molar-refractivity contribution in [3.63, 3.8) is 0 Å². The molecule has 2 aromatic heterocycles. The summed E-state index contributed by atoms with van der Waals surface area (Å²) in [7, 11) is 1.74. The molecule has 0 saturated heterocycles. The van der Waals surface area contributed by atoms with Crippen LogP contribution in [0, 0.1) is 13.8 Å². The average molecular weight is 384 g/mol. The highest BCUT2D eigenvalue weighted by Gasteiger charge is 2.07. The molecule has 0 spiro atoms. The van der Waals surface area contributed by atoms with E-state index in [2.05, 4.69) is 50.3 Å². The van der Waals surface area contributed by atoms with Crippen molar-refractivity contribution in [3.8, 4) is 0 Å². The zero-order chi connectivity index (χ0) is 19.1. The maximum Gasteiger partial charge on any atom is 0.214 e. The molecule has 7 heteroatoms.